The fraction of sp³-hybridized carbons (Fsp3) is 0.500. The van der Waals surface area contributed by atoms with Gasteiger partial charge in [-0.1, -0.05) is 39.2 Å². The van der Waals surface area contributed by atoms with Gasteiger partial charge in [-0.3, -0.25) is 4.79 Å². The molecule has 5 nitrogen and oxygen atoms in total. The molecule has 27 heavy (non-hydrogen) atoms. The average Bonchev–Trinajstić information content (AvgIpc) is 2.67. The van der Waals surface area contributed by atoms with Crippen LogP contribution in [0.1, 0.15) is 67.4 Å². The lowest BCUT2D eigenvalue weighted by Crippen LogP contribution is -2.43. The molecule has 1 aromatic heterocycles. The van der Waals surface area contributed by atoms with Crippen LogP contribution in [0.15, 0.2) is 24.4 Å². The molecule has 0 atom stereocenters. The number of aryl methyl sites for hydroxylation is 1. The second-order valence-corrected chi connectivity index (χ2v) is 8.53. The first-order chi connectivity index (χ1) is 12.9. The minimum Gasteiger partial charge on any atom is -0.351 e. The lowest BCUT2D eigenvalue weighted by atomic mass is 9.78. The van der Waals surface area contributed by atoms with Crippen LogP contribution in [0.4, 0.5) is 5.95 Å². The van der Waals surface area contributed by atoms with Crippen molar-refractivity contribution >= 4 is 11.9 Å². The van der Waals surface area contributed by atoms with Crippen molar-refractivity contribution < 1.29 is 4.79 Å². The van der Waals surface area contributed by atoms with Crippen LogP contribution in [0.25, 0.3) is 11.3 Å². The van der Waals surface area contributed by atoms with E-state index in [1.54, 1.807) is 0 Å². The molecule has 1 aromatic carbocycles. The van der Waals surface area contributed by atoms with E-state index in [1.165, 1.54) is 32.1 Å². The van der Waals surface area contributed by atoms with Crippen LogP contribution >= 0.6 is 0 Å². The van der Waals surface area contributed by atoms with Gasteiger partial charge < -0.3 is 10.6 Å². The van der Waals surface area contributed by atoms with Gasteiger partial charge in [0.25, 0.3) is 5.91 Å². The highest BCUT2D eigenvalue weighted by Gasteiger charge is 2.31. The van der Waals surface area contributed by atoms with Gasteiger partial charge >= 0.3 is 0 Å². The maximum Gasteiger partial charge on any atom is 0.251 e. The molecule has 1 fully saturated rings. The number of anilines is 1. The Bertz CT molecular complexity index is 869. The number of hydrogen-bond donors (Lipinski definition) is 2. The summed E-state index contributed by atoms with van der Waals surface area (Å²) in [6.45, 7) is 7.02. The SMILES string of the molecule is Cc1cnc(NC2CCCCC2)nc1-c1ccc2c(c1)C(C)(C)CNC2=O. The maximum atomic E-state index is 12.2. The predicted octanol–water partition coefficient (Wildman–Crippen LogP) is 4.22. The largest absolute Gasteiger partial charge is 0.351 e. The van der Waals surface area contributed by atoms with Gasteiger partial charge in [-0.05, 0) is 43.0 Å². The number of fused-ring (bicyclic) bond motifs is 1. The van der Waals surface area contributed by atoms with Gasteiger partial charge in [0.15, 0.2) is 0 Å². The smallest absolute Gasteiger partial charge is 0.251 e. The Morgan fingerprint density at radius 1 is 1.19 bits per heavy atom. The second-order valence-electron chi connectivity index (χ2n) is 8.53. The molecular formula is C22H28N4O. The van der Waals surface area contributed by atoms with E-state index >= 15 is 0 Å². The molecule has 2 heterocycles. The lowest BCUT2D eigenvalue weighted by molar-refractivity contribution is 0.0930. The zero-order valence-corrected chi connectivity index (χ0v) is 16.4. The molecule has 1 aliphatic carbocycles. The number of carbonyl (C=O) groups excluding carboxylic acids is 1. The molecule has 4 rings (SSSR count). The van der Waals surface area contributed by atoms with E-state index < -0.39 is 0 Å². The number of nitrogens with one attached hydrogen (secondary N) is 2. The number of rotatable bonds is 3. The Hall–Kier alpha value is -2.43. The molecule has 2 aromatic rings. The summed E-state index contributed by atoms with van der Waals surface area (Å²) in [4.78, 5) is 21.5. The Morgan fingerprint density at radius 2 is 1.96 bits per heavy atom. The summed E-state index contributed by atoms with van der Waals surface area (Å²) >= 11 is 0. The number of carbonyl (C=O) groups is 1. The van der Waals surface area contributed by atoms with Crippen molar-refractivity contribution in [3.63, 3.8) is 0 Å². The summed E-state index contributed by atoms with van der Waals surface area (Å²) in [7, 11) is 0. The van der Waals surface area contributed by atoms with E-state index in [9.17, 15) is 4.79 Å². The molecule has 1 amide bonds. The predicted molar refractivity (Wildman–Crippen MR) is 108 cm³/mol. The van der Waals surface area contributed by atoms with E-state index in [0.717, 1.165) is 27.9 Å². The number of amides is 1. The molecule has 0 unspecified atom stereocenters. The fourth-order valence-corrected chi connectivity index (χ4v) is 4.17. The van der Waals surface area contributed by atoms with Gasteiger partial charge in [0.05, 0.1) is 5.69 Å². The molecule has 0 radical (unpaired) electrons. The van der Waals surface area contributed by atoms with Crippen molar-refractivity contribution in [2.45, 2.75) is 64.3 Å². The highest BCUT2D eigenvalue weighted by molar-refractivity contribution is 5.98. The summed E-state index contributed by atoms with van der Waals surface area (Å²) in [5, 5.41) is 6.50. The lowest BCUT2D eigenvalue weighted by Gasteiger charge is -2.32. The third kappa shape index (κ3) is 3.55. The van der Waals surface area contributed by atoms with Crippen LogP contribution in [0.3, 0.4) is 0 Å². The first-order valence-corrected chi connectivity index (χ1v) is 9.97. The van der Waals surface area contributed by atoms with Crippen molar-refractivity contribution in [1.29, 1.82) is 0 Å². The first-order valence-electron chi connectivity index (χ1n) is 9.97. The van der Waals surface area contributed by atoms with Crippen molar-refractivity contribution in [3.05, 3.63) is 41.1 Å². The van der Waals surface area contributed by atoms with E-state index in [0.29, 0.717) is 18.5 Å². The average molecular weight is 364 g/mol. The summed E-state index contributed by atoms with van der Waals surface area (Å²) in [6.07, 6.45) is 8.15. The zero-order chi connectivity index (χ0) is 19.0. The minimum absolute atomic E-state index is 0.00920. The number of aromatic nitrogens is 2. The van der Waals surface area contributed by atoms with Crippen molar-refractivity contribution in [2.75, 3.05) is 11.9 Å². The van der Waals surface area contributed by atoms with Gasteiger partial charge in [-0.15, -0.1) is 0 Å². The molecule has 0 saturated heterocycles. The highest BCUT2D eigenvalue weighted by atomic mass is 16.1. The maximum absolute atomic E-state index is 12.2. The molecule has 1 aliphatic heterocycles. The Balaban J connectivity index is 1.69. The number of nitrogens with zero attached hydrogens (tertiary/aromatic N) is 2. The van der Waals surface area contributed by atoms with E-state index in [1.807, 2.05) is 25.3 Å². The molecule has 0 bridgehead atoms. The number of benzene rings is 1. The molecule has 142 valence electrons. The van der Waals surface area contributed by atoms with Crippen LogP contribution < -0.4 is 10.6 Å². The van der Waals surface area contributed by atoms with Gasteiger partial charge in [0, 0.05) is 35.3 Å². The Kier molecular flexibility index (Phi) is 4.62. The minimum atomic E-state index is -0.0939. The molecule has 1 saturated carbocycles. The molecule has 5 heteroatoms. The molecule has 2 N–H and O–H groups in total. The zero-order valence-electron chi connectivity index (χ0n) is 16.4. The van der Waals surface area contributed by atoms with Crippen molar-refractivity contribution in [2.24, 2.45) is 0 Å². The third-order valence-corrected chi connectivity index (χ3v) is 5.87. The van der Waals surface area contributed by atoms with Crippen LogP contribution in [-0.4, -0.2) is 28.5 Å². The third-order valence-electron chi connectivity index (χ3n) is 5.87. The highest BCUT2D eigenvalue weighted by Crippen LogP contribution is 2.34. The summed E-state index contributed by atoms with van der Waals surface area (Å²) in [5.74, 6) is 0.715. The fourth-order valence-electron chi connectivity index (χ4n) is 4.17. The van der Waals surface area contributed by atoms with Gasteiger partial charge in [-0.2, -0.15) is 0 Å². The van der Waals surface area contributed by atoms with E-state index in [2.05, 4.69) is 35.5 Å². The molecule has 0 spiro atoms. The van der Waals surface area contributed by atoms with Crippen molar-refractivity contribution in [1.82, 2.24) is 15.3 Å². The van der Waals surface area contributed by atoms with E-state index in [-0.39, 0.29) is 11.3 Å². The topological polar surface area (TPSA) is 66.9 Å². The van der Waals surface area contributed by atoms with Crippen LogP contribution in [0, 0.1) is 6.92 Å². The summed E-state index contributed by atoms with van der Waals surface area (Å²) in [6, 6.07) is 6.53. The van der Waals surface area contributed by atoms with Crippen molar-refractivity contribution in [3.8, 4) is 11.3 Å². The second kappa shape index (κ2) is 6.95. The van der Waals surface area contributed by atoms with Crippen LogP contribution in [0.5, 0.6) is 0 Å². The number of hydrogen-bond acceptors (Lipinski definition) is 4. The monoisotopic (exact) mass is 364 g/mol. The standard InChI is InChI=1S/C22H28N4O/c1-14-12-23-21(25-16-7-5-4-6-8-16)26-19(14)15-9-10-17-18(11-15)22(2,3)13-24-20(17)27/h9-12,16H,4-8,13H2,1-3H3,(H,24,27)(H,23,25,26). The Morgan fingerprint density at radius 3 is 2.74 bits per heavy atom. The quantitative estimate of drug-likeness (QED) is 0.856. The van der Waals surface area contributed by atoms with Gasteiger partial charge in [0.1, 0.15) is 0 Å². The van der Waals surface area contributed by atoms with Gasteiger partial charge in [0.2, 0.25) is 5.95 Å². The normalized spacial score (nSPS) is 19.3. The summed E-state index contributed by atoms with van der Waals surface area (Å²) < 4.78 is 0. The first kappa shape index (κ1) is 18.0. The van der Waals surface area contributed by atoms with Crippen LogP contribution in [0.2, 0.25) is 0 Å². The Labute approximate surface area is 161 Å². The molecule has 2 aliphatic rings. The van der Waals surface area contributed by atoms with E-state index in [4.69, 9.17) is 4.98 Å². The summed E-state index contributed by atoms with van der Waals surface area (Å²) in [5.41, 5.74) is 4.78. The molecular weight excluding hydrogens is 336 g/mol. The van der Waals surface area contributed by atoms with Crippen LogP contribution in [-0.2, 0) is 5.41 Å². The van der Waals surface area contributed by atoms with Gasteiger partial charge in [-0.25, -0.2) is 9.97 Å².